The highest BCUT2D eigenvalue weighted by Gasteiger charge is 2.36. The topological polar surface area (TPSA) is 83.0 Å². The molecule has 0 fully saturated rings. The molecule has 0 aliphatic carbocycles. The smallest absolute Gasteiger partial charge is 0.283 e. The third-order valence-corrected chi connectivity index (χ3v) is 6.78. The summed E-state index contributed by atoms with van der Waals surface area (Å²) in [5.41, 5.74) is 5.95. The number of aliphatic imine (C=N–C) groups is 1. The number of ether oxygens (including phenoxy) is 1. The Morgan fingerprint density at radius 1 is 1.06 bits per heavy atom. The van der Waals surface area contributed by atoms with Crippen molar-refractivity contribution < 1.29 is 9.53 Å². The summed E-state index contributed by atoms with van der Waals surface area (Å²) in [5, 5.41) is 15.8. The van der Waals surface area contributed by atoms with Crippen LogP contribution < -0.4 is 4.74 Å². The van der Waals surface area contributed by atoms with Gasteiger partial charge in [-0.1, -0.05) is 36.4 Å². The summed E-state index contributed by atoms with van der Waals surface area (Å²) >= 11 is 1.29. The molecule has 1 amide bonds. The van der Waals surface area contributed by atoms with E-state index < -0.39 is 5.91 Å². The third-order valence-electron chi connectivity index (χ3n) is 5.82. The molecule has 0 unspecified atom stereocenters. The maximum absolute atomic E-state index is 12.9. The van der Waals surface area contributed by atoms with E-state index in [-0.39, 0.29) is 11.4 Å². The lowest BCUT2D eigenvalue weighted by molar-refractivity contribution is -0.114. The van der Waals surface area contributed by atoms with E-state index in [1.54, 1.807) is 13.2 Å². The quantitative estimate of drug-likeness (QED) is 0.540. The van der Waals surface area contributed by atoms with Crippen molar-refractivity contribution in [3.8, 4) is 11.4 Å². The Morgan fingerprint density at radius 2 is 1.82 bits per heavy atom. The number of carbonyl (C=O) groups excluding carboxylic acids is 1. The van der Waals surface area contributed by atoms with Crippen LogP contribution in [0, 0.1) is 26.2 Å². The molecule has 7 nitrogen and oxygen atoms in total. The number of amidine groups is 2. The predicted octanol–water partition coefficient (Wildman–Crippen LogP) is 5.08. The molecule has 34 heavy (non-hydrogen) atoms. The van der Waals surface area contributed by atoms with Crippen molar-refractivity contribution in [3.05, 3.63) is 88.2 Å². The molecule has 3 heterocycles. The molecule has 0 spiro atoms. The normalized spacial score (nSPS) is 16.6. The number of methoxy groups -OCH3 is 1. The molecule has 0 radical (unpaired) electrons. The van der Waals surface area contributed by atoms with Gasteiger partial charge in [0.15, 0.2) is 5.84 Å². The van der Waals surface area contributed by atoms with Gasteiger partial charge >= 0.3 is 0 Å². The number of benzene rings is 2. The van der Waals surface area contributed by atoms with Crippen molar-refractivity contribution in [2.45, 2.75) is 20.8 Å². The van der Waals surface area contributed by atoms with Crippen LogP contribution in [-0.2, 0) is 4.79 Å². The van der Waals surface area contributed by atoms with Crippen molar-refractivity contribution >= 4 is 39.8 Å². The lowest BCUT2D eigenvalue weighted by Crippen LogP contribution is -2.35. The van der Waals surface area contributed by atoms with Crippen LogP contribution in [-0.4, -0.2) is 38.6 Å². The second-order valence-corrected chi connectivity index (χ2v) is 9.08. The van der Waals surface area contributed by atoms with E-state index in [1.807, 2.05) is 69.3 Å². The first-order valence-corrected chi connectivity index (χ1v) is 11.6. The molecule has 3 aromatic rings. The van der Waals surface area contributed by atoms with Gasteiger partial charge in [-0.2, -0.15) is 15.1 Å². The van der Waals surface area contributed by atoms with E-state index >= 15 is 0 Å². The van der Waals surface area contributed by atoms with Crippen LogP contribution >= 0.6 is 11.8 Å². The Hall–Kier alpha value is -3.91. The van der Waals surface area contributed by atoms with Gasteiger partial charge in [-0.05, 0) is 67.9 Å². The highest BCUT2D eigenvalue weighted by atomic mass is 32.2. The van der Waals surface area contributed by atoms with Gasteiger partial charge in [0.05, 0.1) is 18.4 Å². The molecule has 8 heteroatoms. The van der Waals surface area contributed by atoms with Crippen molar-refractivity contribution in [2.24, 2.45) is 10.1 Å². The summed E-state index contributed by atoms with van der Waals surface area (Å²) in [7, 11) is 1.65. The van der Waals surface area contributed by atoms with Gasteiger partial charge < -0.3 is 9.30 Å². The number of rotatable bonds is 4. The van der Waals surface area contributed by atoms with E-state index in [4.69, 9.17) is 10.1 Å². The predicted molar refractivity (Wildman–Crippen MR) is 137 cm³/mol. The number of aryl methyl sites for hydroxylation is 2. The number of nitrogens with zero attached hydrogens (tertiary/aromatic N) is 4. The summed E-state index contributed by atoms with van der Waals surface area (Å²) < 4.78 is 7.68. The van der Waals surface area contributed by atoms with Gasteiger partial charge in [0.1, 0.15) is 10.8 Å². The molecular formula is C26H23N5O2S. The zero-order valence-electron chi connectivity index (χ0n) is 19.3. The standard InChI is InChI=1S/C26H23N5O2S/c1-15-10-11-22(33-4)21(12-15)30-16(2)13-19(17(30)3)14-20-23(27)31-26(28-24(20)32)34-25(29-31)18-8-6-5-7-9-18/h5-14,27H,1-4H3/b20-14-,27-23?. The van der Waals surface area contributed by atoms with Crippen LogP contribution in [0.2, 0.25) is 0 Å². The Morgan fingerprint density at radius 3 is 2.56 bits per heavy atom. The van der Waals surface area contributed by atoms with E-state index in [9.17, 15) is 4.79 Å². The largest absolute Gasteiger partial charge is 0.495 e. The molecule has 0 bridgehead atoms. The number of aromatic nitrogens is 1. The van der Waals surface area contributed by atoms with Gasteiger partial charge in [0.25, 0.3) is 5.91 Å². The number of hydrazone groups is 1. The molecule has 1 N–H and O–H groups in total. The maximum atomic E-state index is 12.9. The lowest BCUT2D eigenvalue weighted by Gasteiger charge is -2.20. The van der Waals surface area contributed by atoms with Crippen molar-refractivity contribution in [1.29, 1.82) is 5.41 Å². The summed E-state index contributed by atoms with van der Waals surface area (Å²) in [4.78, 5) is 17.1. The van der Waals surface area contributed by atoms with Crippen LogP contribution in [0.3, 0.4) is 0 Å². The highest BCUT2D eigenvalue weighted by Crippen LogP contribution is 2.33. The fourth-order valence-corrected chi connectivity index (χ4v) is 5.02. The Labute approximate surface area is 202 Å². The number of thioether (sulfide) groups is 1. The summed E-state index contributed by atoms with van der Waals surface area (Å²) in [6, 6.07) is 17.7. The number of nitrogens with one attached hydrogen (secondary N) is 1. The first-order valence-electron chi connectivity index (χ1n) is 10.8. The molecule has 1 aromatic heterocycles. The Kier molecular flexibility index (Phi) is 5.45. The first-order chi connectivity index (χ1) is 16.4. The fourth-order valence-electron chi connectivity index (χ4n) is 4.12. The molecule has 2 aliphatic rings. The number of hydrogen-bond acceptors (Lipinski definition) is 5. The molecule has 2 aromatic carbocycles. The molecule has 0 saturated heterocycles. The van der Waals surface area contributed by atoms with E-state index in [0.717, 1.165) is 39.5 Å². The third kappa shape index (κ3) is 3.66. The molecule has 0 atom stereocenters. The summed E-state index contributed by atoms with van der Waals surface area (Å²) in [6.45, 7) is 6.04. The van der Waals surface area contributed by atoms with Gasteiger partial charge in [-0.25, -0.2) is 0 Å². The summed E-state index contributed by atoms with van der Waals surface area (Å²) in [6.07, 6.45) is 1.73. The number of carbonyl (C=O) groups is 1. The molecule has 0 saturated carbocycles. The Balaban J connectivity index is 1.54. The molecule has 170 valence electrons. The van der Waals surface area contributed by atoms with Crippen molar-refractivity contribution in [1.82, 2.24) is 9.58 Å². The Bertz CT molecular complexity index is 1430. The minimum atomic E-state index is -0.439. The monoisotopic (exact) mass is 469 g/mol. The van der Waals surface area contributed by atoms with Crippen LogP contribution in [0.25, 0.3) is 11.8 Å². The van der Waals surface area contributed by atoms with Gasteiger partial charge in [-0.15, -0.1) is 0 Å². The lowest BCUT2D eigenvalue weighted by atomic mass is 10.1. The number of fused-ring (bicyclic) bond motifs is 1. The minimum absolute atomic E-state index is 0.0198. The minimum Gasteiger partial charge on any atom is -0.495 e. The maximum Gasteiger partial charge on any atom is 0.283 e. The van der Waals surface area contributed by atoms with Crippen LogP contribution in [0.1, 0.15) is 28.1 Å². The van der Waals surface area contributed by atoms with Gasteiger partial charge in [0, 0.05) is 17.0 Å². The van der Waals surface area contributed by atoms with Crippen LogP contribution in [0.5, 0.6) is 5.75 Å². The molecular weight excluding hydrogens is 446 g/mol. The van der Waals surface area contributed by atoms with Crippen molar-refractivity contribution in [2.75, 3.05) is 7.11 Å². The highest BCUT2D eigenvalue weighted by molar-refractivity contribution is 8.27. The van der Waals surface area contributed by atoms with Crippen LogP contribution in [0.4, 0.5) is 0 Å². The zero-order chi connectivity index (χ0) is 24.0. The summed E-state index contributed by atoms with van der Waals surface area (Å²) in [5.74, 6) is 0.344. The second-order valence-electron chi connectivity index (χ2n) is 8.13. The fraction of sp³-hybridized carbons (Fsp3) is 0.154. The average Bonchev–Trinajstić information content (AvgIpc) is 3.37. The van der Waals surface area contributed by atoms with Crippen LogP contribution in [0.15, 0.2) is 70.3 Å². The second kappa shape index (κ2) is 8.46. The SMILES string of the molecule is COc1ccc(C)cc1-n1c(C)cc(/C=C2/C(=N)N3N=C(c4ccccc4)SC3=NC2=O)c1C. The number of amides is 1. The first kappa shape index (κ1) is 21.9. The molecule has 5 rings (SSSR count). The van der Waals surface area contributed by atoms with E-state index in [1.165, 1.54) is 16.8 Å². The van der Waals surface area contributed by atoms with Crippen molar-refractivity contribution in [3.63, 3.8) is 0 Å². The van der Waals surface area contributed by atoms with E-state index in [2.05, 4.69) is 20.7 Å². The van der Waals surface area contributed by atoms with Gasteiger partial charge in [0.2, 0.25) is 5.17 Å². The number of hydrogen-bond donors (Lipinski definition) is 1. The zero-order valence-corrected chi connectivity index (χ0v) is 20.1. The average molecular weight is 470 g/mol. The van der Waals surface area contributed by atoms with Gasteiger partial charge in [-0.3, -0.25) is 10.2 Å². The molecule has 2 aliphatic heterocycles. The van der Waals surface area contributed by atoms with E-state index in [0.29, 0.717) is 10.2 Å².